The molecule has 1 aliphatic rings. The van der Waals surface area contributed by atoms with E-state index in [1.807, 2.05) is 30.0 Å². The van der Waals surface area contributed by atoms with Crippen LogP contribution in [0.5, 0.6) is 0 Å². The number of nitrogens with zero attached hydrogens (tertiary/aromatic N) is 6. The topological polar surface area (TPSA) is 53.5 Å². The second-order valence-electron chi connectivity index (χ2n) is 15.3. The Bertz CT molecular complexity index is 3680. The lowest BCUT2D eigenvalue weighted by molar-refractivity contribution is 1.03. The van der Waals surface area contributed by atoms with Crippen molar-refractivity contribution >= 4 is 66.4 Å². The molecular weight excluding hydrogens is 753 g/mol. The third kappa shape index (κ3) is 4.87. The molecule has 0 bridgehead atoms. The summed E-state index contributed by atoms with van der Waals surface area (Å²) >= 11 is 1.84. The van der Waals surface area contributed by atoms with Gasteiger partial charge in [-0.05, 0) is 84.9 Å². The first kappa shape index (κ1) is 33.3. The molecule has 0 unspecified atom stereocenters. The Hall–Kier alpha value is -7.74. The minimum Gasteiger partial charge on any atom is -0.309 e. The van der Waals surface area contributed by atoms with E-state index in [1.165, 1.54) is 37.2 Å². The van der Waals surface area contributed by atoms with Gasteiger partial charge in [0.05, 0.1) is 27.8 Å². The number of hydrogen-bond acceptors (Lipinski definition) is 4. The van der Waals surface area contributed by atoms with E-state index < -0.39 is 0 Å². The van der Waals surface area contributed by atoms with Gasteiger partial charge >= 0.3 is 0 Å². The summed E-state index contributed by atoms with van der Waals surface area (Å²) in [6.07, 6.45) is 0. The van der Waals surface area contributed by atoms with Gasteiger partial charge in [0.25, 0.3) is 0 Å². The van der Waals surface area contributed by atoms with Crippen molar-refractivity contribution in [3.8, 4) is 51.2 Å². The maximum absolute atomic E-state index is 5.30. The lowest BCUT2D eigenvalue weighted by Gasteiger charge is -2.21. The molecule has 0 saturated carbocycles. The molecule has 0 radical (unpaired) electrons. The summed E-state index contributed by atoms with van der Waals surface area (Å²) in [5.41, 5.74) is 12.0. The van der Waals surface area contributed by atoms with Gasteiger partial charge in [0.15, 0.2) is 17.5 Å². The second-order valence-corrected chi connectivity index (χ2v) is 16.3. The van der Waals surface area contributed by atoms with Crippen molar-refractivity contribution in [2.75, 3.05) is 0 Å². The third-order valence-electron chi connectivity index (χ3n) is 11.9. The number of benzene rings is 8. The highest BCUT2D eigenvalue weighted by Crippen LogP contribution is 2.50. The van der Waals surface area contributed by atoms with Crippen LogP contribution in [0.25, 0.3) is 106 Å². The smallest absolute Gasteiger partial charge is 0.164 e. The summed E-state index contributed by atoms with van der Waals surface area (Å²) in [7, 11) is 0. The Morgan fingerprint density at radius 2 is 0.883 bits per heavy atom. The molecule has 60 heavy (non-hydrogen) atoms. The maximum Gasteiger partial charge on any atom is 0.164 e. The van der Waals surface area contributed by atoms with Crippen molar-refractivity contribution in [3.63, 3.8) is 0 Å². The highest BCUT2D eigenvalue weighted by Gasteiger charge is 2.28. The van der Waals surface area contributed by atoms with E-state index >= 15 is 0 Å². The highest BCUT2D eigenvalue weighted by molar-refractivity contribution is 7.99. The molecule has 7 heteroatoms. The van der Waals surface area contributed by atoms with Crippen LogP contribution >= 0.6 is 11.8 Å². The molecule has 4 aromatic heterocycles. The van der Waals surface area contributed by atoms with E-state index in [9.17, 15) is 0 Å². The molecule has 0 aliphatic carbocycles. The van der Waals surface area contributed by atoms with Gasteiger partial charge in [-0.15, -0.1) is 0 Å². The fourth-order valence-electron chi connectivity index (χ4n) is 9.27. The first-order valence-electron chi connectivity index (χ1n) is 20.1. The zero-order valence-corrected chi connectivity index (χ0v) is 32.9. The lowest BCUT2D eigenvalue weighted by Crippen LogP contribution is -2.05. The molecule has 0 spiro atoms. The van der Waals surface area contributed by atoms with E-state index in [1.54, 1.807) is 0 Å². The molecule has 0 amide bonds. The molecular formula is C53H32N6S. The minimum atomic E-state index is 0.628. The Morgan fingerprint density at radius 1 is 0.350 bits per heavy atom. The first-order valence-corrected chi connectivity index (χ1v) is 20.9. The predicted octanol–water partition coefficient (Wildman–Crippen LogP) is 13.5. The van der Waals surface area contributed by atoms with Gasteiger partial charge in [0, 0.05) is 64.8 Å². The summed E-state index contributed by atoms with van der Waals surface area (Å²) < 4.78 is 7.22. The molecule has 13 rings (SSSR count). The van der Waals surface area contributed by atoms with Crippen LogP contribution in [0.3, 0.4) is 0 Å². The summed E-state index contributed by atoms with van der Waals surface area (Å²) in [6, 6.07) is 68.8. The summed E-state index contributed by atoms with van der Waals surface area (Å²) in [4.78, 5) is 18.2. The second kappa shape index (κ2) is 12.9. The van der Waals surface area contributed by atoms with Gasteiger partial charge in [-0.1, -0.05) is 121 Å². The average Bonchev–Trinajstić information content (AvgIpc) is 3.96. The van der Waals surface area contributed by atoms with Crippen molar-refractivity contribution in [2.24, 2.45) is 0 Å². The Kier molecular flexibility index (Phi) is 7.14. The molecule has 6 nitrogen and oxygen atoms in total. The molecule has 8 aromatic carbocycles. The normalized spacial score (nSPS) is 12.3. The molecule has 280 valence electrons. The highest BCUT2D eigenvalue weighted by atomic mass is 32.2. The van der Waals surface area contributed by atoms with Gasteiger partial charge < -0.3 is 4.57 Å². The summed E-state index contributed by atoms with van der Waals surface area (Å²) in [5, 5.41) is 5.91. The van der Waals surface area contributed by atoms with Crippen molar-refractivity contribution < 1.29 is 0 Å². The van der Waals surface area contributed by atoms with E-state index in [-0.39, 0.29) is 0 Å². The third-order valence-corrected chi connectivity index (χ3v) is 13.0. The Labute approximate surface area is 348 Å². The van der Waals surface area contributed by atoms with E-state index in [0.717, 1.165) is 61.0 Å². The van der Waals surface area contributed by atoms with Gasteiger partial charge in [-0.3, -0.25) is 9.13 Å². The van der Waals surface area contributed by atoms with Crippen LogP contribution in [0.1, 0.15) is 0 Å². The predicted molar refractivity (Wildman–Crippen MR) is 246 cm³/mol. The minimum absolute atomic E-state index is 0.628. The molecule has 1 aliphatic heterocycles. The zero-order chi connectivity index (χ0) is 39.3. The number of aromatic nitrogens is 6. The first-order chi connectivity index (χ1) is 29.8. The van der Waals surface area contributed by atoms with Crippen LogP contribution in [0.2, 0.25) is 0 Å². The molecule has 0 saturated heterocycles. The van der Waals surface area contributed by atoms with Crippen molar-refractivity contribution in [1.29, 1.82) is 0 Å². The lowest BCUT2D eigenvalue weighted by atomic mass is 10.1. The van der Waals surface area contributed by atoms with Crippen LogP contribution in [0, 0.1) is 0 Å². The maximum atomic E-state index is 5.30. The fraction of sp³-hybridized carbons (Fsp3) is 0. The van der Waals surface area contributed by atoms with Crippen LogP contribution < -0.4 is 0 Å². The molecule has 12 aromatic rings. The SMILES string of the molecule is c1ccc(-c2nc(-c3ccc4c(c3)c3ccccc3n4-c3ccccc3)nc(-c3ccc4c(c3)c3c5cccc6c5n(c3n4-c3ccccc3)-c3ccccc3S6)n2)cc1. The van der Waals surface area contributed by atoms with Crippen molar-refractivity contribution in [3.05, 3.63) is 194 Å². The van der Waals surface area contributed by atoms with Crippen LogP contribution in [-0.4, -0.2) is 28.7 Å². The van der Waals surface area contributed by atoms with Crippen molar-refractivity contribution in [1.82, 2.24) is 28.7 Å². The largest absolute Gasteiger partial charge is 0.309 e. The van der Waals surface area contributed by atoms with Crippen LogP contribution in [0.15, 0.2) is 204 Å². The van der Waals surface area contributed by atoms with Crippen LogP contribution in [0.4, 0.5) is 0 Å². The number of para-hydroxylation sites is 5. The number of rotatable bonds is 5. The molecule has 0 N–H and O–H groups in total. The number of hydrogen-bond donors (Lipinski definition) is 0. The van der Waals surface area contributed by atoms with Crippen LogP contribution in [-0.2, 0) is 0 Å². The van der Waals surface area contributed by atoms with Gasteiger partial charge in [0.2, 0.25) is 0 Å². The molecule has 0 fully saturated rings. The number of fused-ring (bicyclic) bond motifs is 10. The standard InChI is InChI=1S/C53H32N6S/c1-4-15-33(16-5-1)50-54-51(34-27-29-43-40(31-34)38-21-10-11-23-42(38)57(43)36-17-6-2-7-18-36)56-52(55-50)35-28-30-44-41(32-35)48-39-22-14-26-47-49(39)59(45-24-12-13-25-46(45)60-47)53(48)58(44)37-19-8-3-9-20-37/h1-32H. The van der Waals surface area contributed by atoms with E-state index in [4.69, 9.17) is 15.0 Å². The van der Waals surface area contributed by atoms with Crippen molar-refractivity contribution in [2.45, 2.75) is 9.79 Å². The molecule has 0 atom stereocenters. The zero-order valence-electron chi connectivity index (χ0n) is 32.1. The van der Waals surface area contributed by atoms with E-state index in [0.29, 0.717) is 17.5 Å². The summed E-state index contributed by atoms with van der Waals surface area (Å²) in [5.74, 6) is 1.89. The fourth-order valence-corrected chi connectivity index (χ4v) is 10.4. The average molecular weight is 785 g/mol. The van der Waals surface area contributed by atoms with Gasteiger partial charge in [-0.25, -0.2) is 15.0 Å². The Morgan fingerprint density at radius 3 is 1.62 bits per heavy atom. The van der Waals surface area contributed by atoms with Gasteiger partial charge in [-0.2, -0.15) is 0 Å². The Balaban J connectivity index is 1.06. The molecule has 5 heterocycles. The monoisotopic (exact) mass is 784 g/mol. The van der Waals surface area contributed by atoms with Gasteiger partial charge in [0.1, 0.15) is 5.65 Å². The summed E-state index contributed by atoms with van der Waals surface area (Å²) in [6.45, 7) is 0. The van der Waals surface area contributed by atoms with E-state index in [2.05, 4.69) is 190 Å². The quantitative estimate of drug-likeness (QED) is 0.174.